The number of carbonyl (C=O) groups is 1. The maximum atomic E-state index is 11.4. The van der Waals surface area contributed by atoms with E-state index < -0.39 is 5.97 Å². The van der Waals surface area contributed by atoms with E-state index in [2.05, 4.69) is 20.0 Å². The van der Waals surface area contributed by atoms with Crippen molar-refractivity contribution >= 4 is 17.5 Å². The summed E-state index contributed by atoms with van der Waals surface area (Å²) in [5.41, 5.74) is 0.819. The lowest BCUT2D eigenvalue weighted by atomic mass is 10.2. The van der Waals surface area contributed by atoms with Gasteiger partial charge in [0.2, 0.25) is 0 Å². The molecule has 0 saturated carbocycles. The van der Waals surface area contributed by atoms with Gasteiger partial charge in [-0.2, -0.15) is 0 Å². The van der Waals surface area contributed by atoms with Crippen LogP contribution in [-0.4, -0.2) is 37.3 Å². The Hall–Kier alpha value is -2.83. The van der Waals surface area contributed by atoms with Gasteiger partial charge in [0.05, 0.1) is 33.7 Å². The predicted octanol–water partition coefficient (Wildman–Crippen LogP) is 2.02. The van der Waals surface area contributed by atoms with E-state index in [1.807, 2.05) is 0 Å². The number of aromatic nitrogens is 2. The lowest BCUT2D eigenvalue weighted by molar-refractivity contribution is 0.0593. The van der Waals surface area contributed by atoms with Crippen LogP contribution in [0.4, 0.5) is 11.5 Å². The summed E-state index contributed by atoms with van der Waals surface area (Å²) in [5, 5.41) is 3.03. The molecule has 21 heavy (non-hydrogen) atoms. The standard InChI is InChI=1S/C14H15N3O4/c1-19-10-4-9(5-11(6-10)20-2)16-13-8-15-7-12(17-13)14(18)21-3/h4-8H,1-3H3,(H,16,17). The summed E-state index contributed by atoms with van der Waals surface area (Å²) in [5.74, 6) is 1.13. The maximum absolute atomic E-state index is 11.4. The van der Waals surface area contributed by atoms with Gasteiger partial charge in [0, 0.05) is 23.9 Å². The Morgan fingerprint density at radius 3 is 2.29 bits per heavy atom. The van der Waals surface area contributed by atoms with E-state index in [0.29, 0.717) is 23.0 Å². The van der Waals surface area contributed by atoms with Crippen LogP contribution in [0.5, 0.6) is 11.5 Å². The van der Waals surface area contributed by atoms with E-state index in [4.69, 9.17) is 9.47 Å². The molecule has 0 amide bonds. The summed E-state index contributed by atoms with van der Waals surface area (Å²) in [4.78, 5) is 19.5. The fourth-order valence-electron chi connectivity index (χ4n) is 1.66. The van der Waals surface area contributed by atoms with Crippen molar-refractivity contribution in [2.45, 2.75) is 0 Å². The number of ether oxygens (including phenoxy) is 3. The fourth-order valence-corrected chi connectivity index (χ4v) is 1.66. The highest BCUT2D eigenvalue weighted by Crippen LogP contribution is 2.27. The zero-order valence-electron chi connectivity index (χ0n) is 11.9. The van der Waals surface area contributed by atoms with Crippen LogP contribution in [0.3, 0.4) is 0 Å². The minimum Gasteiger partial charge on any atom is -0.497 e. The van der Waals surface area contributed by atoms with Crippen LogP contribution in [0.2, 0.25) is 0 Å². The molecule has 1 heterocycles. The average Bonchev–Trinajstić information content (AvgIpc) is 2.53. The molecule has 7 heteroatoms. The van der Waals surface area contributed by atoms with Gasteiger partial charge in [-0.3, -0.25) is 4.98 Å². The van der Waals surface area contributed by atoms with Crippen LogP contribution < -0.4 is 14.8 Å². The summed E-state index contributed by atoms with van der Waals surface area (Å²) < 4.78 is 15.0. The van der Waals surface area contributed by atoms with E-state index >= 15 is 0 Å². The van der Waals surface area contributed by atoms with Gasteiger partial charge < -0.3 is 19.5 Å². The van der Waals surface area contributed by atoms with Crippen LogP contribution in [0, 0.1) is 0 Å². The summed E-state index contributed by atoms with van der Waals surface area (Å²) in [6.07, 6.45) is 2.83. The first-order chi connectivity index (χ1) is 10.2. The molecule has 7 nitrogen and oxygen atoms in total. The van der Waals surface area contributed by atoms with Gasteiger partial charge in [-0.15, -0.1) is 0 Å². The summed E-state index contributed by atoms with van der Waals surface area (Å²) in [7, 11) is 4.42. The normalized spacial score (nSPS) is 9.86. The second-order valence-electron chi connectivity index (χ2n) is 4.01. The number of benzene rings is 1. The number of rotatable bonds is 5. The lowest BCUT2D eigenvalue weighted by Gasteiger charge is -2.10. The number of hydrogen-bond acceptors (Lipinski definition) is 7. The smallest absolute Gasteiger partial charge is 0.358 e. The molecule has 1 N–H and O–H groups in total. The van der Waals surface area contributed by atoms with E-state index in [1.165, 1.54) is 19.5 Å². The molecular weight excluding hydrogens is 274 g/mol. The van der Waals surface area contributed by atoms with Crippen molar-refractivity contribution in [2.24, 2.45) is 0 Å². The molecule has 0 aliphatic carbocycles. The highest BCUT2D eigenvalue weighted by Gasteiger charge is 2.09. The van der Waals surface area contributed by atoms with E-state index in [-0.39, 0.29) is 5.69 Å². The molecular formula is C14H15N3O4. The molecule has 0 bridgehead atoms. The fraction of sp³-hybridized carbons (Fsp3) is 0.214. The number of nitrogens with one attached hydrogen (secondary N) is 1. The summed E-state index contributed by atoms with van der Waals surface area (Å²) >= 11 is 0. The van der Waals surface area contributed by atoms with Crippen molar-refractivity contribution in [3.05, 3.63) is 36.3 Å². The average molecular weight is 289 g/mol. The Balaban J connectivity index is 2.27. The number of hydrogen-bond donors (Lipinski definition) is 1. The number of methoxy groups -OCH3 is 3. The molecule has 0 aliphatic heterocycles. The van der Waals surface area contributed by atoms with Crippen LogP contribution in [0.15, 0.2) is 30.6 Å². The van der Waals surface area contributed by atoms with Crippen molar-refractivity contribution in [2.75, 3.05) is 26.6 Å². The van der Waals surface area contributed by atoms with Crippen LogP contribution in [0.1, 0.15) is 10.5 Å². The van der Waals surface area contributed by atoms with Gasteiger partial charge >= 0.3 is 5.97 Å². The first-order valence-electron chi connectivity index (χ1n) is 6.06. The molecule has 0 radical (unpaired) electrons. The van der Waals surface area contributed by atoms with Gasteiger partial charge in [0.25, 0.3) is 0 Å². The molecule has 1 aromatic heterocycles. The maximum Gasteiger partial charge on any atom is 0.358 e. The number of esters is 1. The molecule has 0 aliphatic rings. The number of anilines is 2. The Kier molecular flexibility index (Phi) is 4.55. The third kappa shape index (κ3) is 3.59. The quantitative estimate of drug-likeness (QED) is 0.843. The second kappa shape index (κ2) is 6.56. The summed E-state index contributed by atoms with van der Waals surface area (Å²) in [6, 6.07) is 5.30. The van der Waals surface area contributed by atoms with E-state index in [0.717, 1.165) is 0 Å². The molecule has 0 unspecified atom stereocenters. The van der Waals surface area contributed by atoms with Gasteiger partial charge in [0.1, 0.15) is 17.3 Å². The van der Waals surface area contributed by atoms with Crippen molar-refractivity contribution in [1.29, 1.82) is 0 Å². The highest BCUT2D eigenvalue weighted by atomic mass is 16.5. The van der Waals surface area contributed by atoms with Crippen LogP contribution in [0.25, 0.3) is 0 Å². The first-order valence-corrected chi connectivity index (χ1v) is 6.06. The lowest BCUT2D eigenvalue weighted by Crippen LogP contribution is -2.06. The van der Waals surface area contributed by atoms with Crippen molar-refractivity contribution in [3.8, 4) is 11.5 Å². The minimum absolute atomic E-state index is 0.123. The molecule has 0 fully saturated rings. The topological polar surface area (TPSA) is 82.6 Å². The molecule has 2 aromatic rings. The number of nitrogens with zero attached hydrogens (tertiary/aromatic N) is 2. The van der Waals surface area contributed by atoms with Gasteiger partial charge in [-0.25, -0.2) is 9.78 Å². The van der Waals surface area contributed by atoms with Gasteiger partial charge in [-0.05, 0) is 0 Å². The molecule has 2 rings (SSSR count). The molecule has 1 aromatic carbocycles. The zero-order valence-corrected chi connectivity index (χ0v) is 11.9. The second-order valence-corrected chi connectivity index (χ2v) is 4.01. The van der Waals surface area contributed by atoms with Crippen molar-refractivity contribution in [3.63, 3.8) is 0 Å². The van der Waals surface area contributed by atoms with E-state index in [1.54, 1.807) is 32.4 Å². The third-order valence-electron chi connectivity index (χ3n) is 2.65. The first kappa shape index (κ1) is 14.6. The molecule has 0 atom stereocenters. The summed E-state index contributed by atoms with van der Waals surface area (Å²) in [6.45, 7) is 0. The van der Waals surface area contributed by atoms with Crippen LogP contribution >= 0.6 is 0 Å². The van der Waals surface area contributed by atoms with Gasteiger partial charge in [-0.1, -0.05) is 0 Å². The highest BCUT2D eigenvalue weighted by molar-refractivity contribution is 5.87. The van der Waals surface area contributed by atoms with Crippen molar-refractivity contribution in [1.82, 2.24) is 9.97 Å². The monoisotopic (exact) mass is 289 g/mol. The predicted molar refractivity (Wildman–Crippen MR) is 76.2 cm³/mol. The largest absolute Gasteiger partial charge is 0.497 e. The third-order valence-corrected chi connectivity index (χ3v) is 2.65. The Morgan fingerprint density at radius 2 is 1.71 bits per heavy atom. The SMILES string of the molecule is COC(=O)c1cncc(Nc2cc(OC)cc(OC)c2)n1. The van der Waals surface area contributed by atoms with E-state index in [9.17, 15) is 4.79 Å². The Labute approximate surface area is 121 Å². The zero-order chi connectivity index (χ0) is 15.2. The molecule has 110 valence electrons. The van der Waals surface area contributed by atoms with Crippen LogP contribution in [-0.2, 0) is 4.74 Å². The Morgan fingerprint density at radius 1 is 1.05 bits per heavy atom. The Bertz CT molecular complexity index is 624. The van der Waals surface area contributed by atoms with Crippen molar-refractivity contribution < 1.29 is 19.0 Å². The minimum atomic E-state index is -0.547. The molecule has 0 spiro atoms. The number of carbonyl (C=O) groups excluding carboxylic acids is 1. The molecule has 0 saturated heterocycles. The van der Waals surface area contributed by atoms with Gasteiger partial charge in [0.15, 0.2) is 5.69 Å².